The molecule has 0 amide bonds. The number of rotatable bonds is 2. The first kappa shape index (κ1) is 12.4. The van der Waals surface area contributed by atoms with Crippen molar-refractivity contribution in [1.82, 2.24) is 4.98 Å². The Morgan fingerprint density at radius 3 is 2.84 bits per heavy atom. The smallest absolute Gasteiger partial charge is 0.125 e. The lowest BCUT2D eigenvalue weighted by atomic mass is 9.91. The number of fused-ring (bicyclic) bond motifs is 2. The van der Waals surface area contributed by atoms with Gasteiger partial charge in [0.05, 0.1) is 5.52 Å². The molecular formula is C16H19FN2. The van der Waals surface area contributed by atoms with Gasteiger partial charge in [-0.25, -0.2) is 4.39 Å². The van der Waals surface area contributed by atoms with Gasteiger partial charge in [-0.3, -0.25) is 4.98 Å². The van der Waals surface area contributed by atoms with Crippen molar-refractivity contribution in [2.45, 2.75) is 39.5 Å². The maximum absolute atomic E-state index is 13.6. The number of pyridine rings is 1. The van der Waals surface area contributed by atoms with E-state index in [4.69, 9.17) is 4.98 Å². The Morgan fingerprint density at radius 2 is 2.05 bits per heavy atom. The minimum Gasteiger partial charge on any atom is -0.384 e. The van der Waals surface area contributed by atoms with Crippen LogP contribution in [0.25, 0.3) is 10.9 Å². The highest BCUT2D eigenvalue weighted by Gasteiger charge is 2.19. The highest BCUT2D eigenvalue weighted by molar-refractivity contribution is 5.96. The summed E-state index contributed by atoms with van der Waals surface area (Å²) in [6, 6.07) is 3.15. The molecule has 2 aromatic rings. The Hall–Kier alpha value is -1.64. The second-order valence-electron chi connectivity index (χ2n) is 5.27. The van der Waals surface area contributed by atoms with Crippen LogP contribution >= 0.6 is 0 Å². The molecule has 2 nitrogen and oxygen atoms in total. The highest BCUT2D eigenvalue weighted by atomic mass is 19.1. The molecule has 1 aromatic carbocycles. The van der Waals surface area contributed by atoms with Crippen molar-refractivity contribution >= 4 is 16.6 Å². The van der Waals surface area contributed by atoms with Crippen molar-refractivity contribution < 1.29 is 4.39 Å². The Bertz CT molecular complexity index is 634. The van der Waals surface area contributed by atoms with E-state index in [1.165, 1.54) is 24.1 Å². The summed E-state index contributed by atoms with van der Waals surface area (Å²) >= 11 is 0. The molecule has 0 aliphatic heterocycles. The lowest BCUT2D eigenvalue weighted by Crippen LogP contribution is -2.11. The molecule has 1 aromatic heterocycles. The van der Waals surface area contributed by atoms with Gasteiger partial charge in [-0.2, -0.15) is 0 Å². The van der Waals surface area contributed by atoms with E-state index in [0.29, 0.717) is 0 Å². The average Bonchev–Trinajstić information content (AvgIpc) is 2.38. The number of anilines is 1. The second kappa shape index (κ2) is 4.80. The highest BCUT2D eigenvalue weighted by Crippen LogP contribution is 2.35. The maximum Gasteiger partial charge on any atom is 0.125 e. The molecule has 0 fully saturated rings. The van der Waals surface area contributed by atoms with Crippen molar-refractivity contribution in [3.05, 3.63) is 34.8 Å². The van der Waals surface area contributed by atoms with Gasteiger partial charge in [-0.15, -0.1) is 0 Å². The zero-order valence-corrected chi connectivity index (χ0v) is 11.5. The van der Waals surface area contributed by atoms with Gasteiger partial charge in [-0.05, 0) is 56.7 Å². The van der Waals surface area contributed by atoms with Gasteiger partial charge >= 0.3 is 0 Å². The molecule has 0 saturated heterocycles. The Labute approximate surface area is 113 Å². The topological polar surface area (TPSA) is 24.9 Å². The Balaban J connectivity index is 2.35. The van der Waals surface area contributed by atoms with Crippen LogP contribution in [0.5, 0.6) is 0 Å². The predicted octanol–water partition coefficient (Wildman–Crippen LogP) is 3.99. The van der Waals surface area contributed by atoms with E-state index in [1.54, 1.807) is 12.1 Å². The number of halogens is 1. The van der Waals surface area contributed by atoms with E-state index < -0.39 is 0 Å². The number of aryl methyl sites for hydroxylation is 2. The molecular weight excluding hydrogens is 239 g/mol. The fourth-order valence-corrected chi connectivity index (χ4v) is 3.09. The third-order valence-corrected chi connectivity index (χ3v) is 3.88. The number of hydrogen-bond acceptors (Lipinski definition) is 2. The fraction of sp³-hybridized carbons (Fsp3) is 0.438. The van der Waals surface area contributed by atoms with E-state index in [1.807, 2.05) is 6.92 Å². The van der Waals surface area contributed by atoms with E-state index in [9.17, 15) is 4.39 Å². The van der Waals surface area contributed by atoms with Gasteiger partial charge in [0.15, 0.2) is 0 Å². The number of benzene rings is 1. The van der Waals surface area contributed by atoms with Crippen LogP contribution in [0.1, 0.15) is 36.6 Å². The van der Waals surface area contributed by atoms with Crippen LogP contribution in [-0.2, 0) is 12.8 Å². The zero-order chi connectivity index (χ0) is 13.4. The van der Waals surface area contributed by atoms with Crippen LogP contribution in [0.15, 0.2) is 12.1 Å². The van der Waals surface area contributed by atoms with E-state index >= 15 is 0 Å². The summed E-state index contributed by atoms with van der Waals surface area (Å²) in [5.74, 6) is -0.198. The molecule has 0 atom stereocenters. The Morgan fingerprint density at radius 1 is 1.26 bits per heavy atom. The molecule has 1 aliphatic rings. The van der Waals surface area contributed by atoms with E-state index in [-0.39, 0.29) is 5.82 Å². The first-order valence-corrected chi connectivity index (χ1v) is 7.06. The standard InChI is InChI=1S/C16H19FN2/c1-3-18-16-12-6-4-5-7-13(12)19-14-9-11(17)8-10(2)15(14)16/h8-9H,3-7H2,1-2H3,(H,18,19). The molecule has 0 spiro atoms. The molecule has 100 valence electrons. The van der Waals surface area contributed by atoms with Crippen molar-refractivity contribution in [3.8, 4) is 0 Å². The van der Waals surface area contributed by atoms with Crippen LogP contribution in [0.3, 0.4) is 0 Å². The molecule has 3 heteroatoms. The normalized spacial score (nSPS) is 14.5. The fourth-order valence-electron chi connectivity index (χ4n) is 3.09. The third-order valence-electron chi connectivity index (χ3n) is 3.88. The lowest BCUT2D eigenvalue weighted by Gasteiger charge is -2.22. The summed E-state index contributed by atoms with van der Waals surface area (Å²) in [4.78, 5) is 4.70. The quantitative estimate of drug-likeness (QED) is 0.881. The average molecular weight is 258 g/mol. The molecule has 1 aliphatic carbocycles. The molecule has 3 rings (SSSR count). The van der Waals surface area contributed by atoms with Crippen LogP contribution in [0.2, 0.25) is 0 Å². The van der Waals surface area contributed by atoms with Crippen molar-refractivity contribution in [2.75, 3.05) is 11.9 Å². The molecule has 0 bridgehead atoms. The largest absolute Gasteiger partial charge is 0.384 e. The third kappa shape index (κ3) is 2.07. The van der Waals surface area contributed by atoms with Gasteiger partial charge in [-0.1, -0.05) is 0 Å². The molecule has 0 unspecified atom stereocenters. The van der Waals surface area contributed by atoms with Crippen molar-refractivity contribution in [1.29, 1.82) is 0 Å². The first-order valence-electron chi connectivity index (χ1n) is 7.06. The SMILES string of the molecule is CCNc1c2c(nc3cc(F)cc(C)c13)CCCC2. The van der Waals surface area contributed by atoms with Gasteiger partial charge in [0, 0.05) is 29.4 Å². The summed E-state index contributed by atoms with van der Waals surface area (Å²) < 4.78 is 13.6. The number of nitrogens with zero attached hydrogens (tertiary/aromatic N) is 1. The van der Waals surface area contributed by atoms with Crippen molar-refractivity contribution in [2.24, 2.45) is 0 Å². The van der Waals surface area contributed by atoms with E-state index in [0.717, 1.165) is 41.5 Å². The summed E-state index contributed by atoms with van der Waals surface area (Å²) in [5.41, 5.74) is 5.43. The summed E-state index contributed by atoms with van der Waals surface area (Å²) in [7, 11) is 0. The molecule has 0 radical (unpaired) electrons. The molecule has 0 saturated carbocycles. The van der Waals surface area contributed by atoms with Crippen LogP contribution < -0.4 is 5.32 Å². The number of hydrogen-bond donors (Lipinski definition) is 1. The summed E-state index contributed by atoms with van der Waals surface area (Å²) in [6.07, 6.45) is 4.50. The Kier molecular flexibility index (Phi) is 3.13. The van der Waals surface area contributed by atoms with Crippen LogP contribution in [0.4, 0.5) is 10.1 Å². The van der Waals surface area contributed by atoms with Gasteiger partial charge < -0.3 is 5.32 Å². The number of aromatic nitrogens is 1. The van der Waals surface area contributed by atoms with Crippen LogP contribution in [-0.4, -0.2) is 11.5 Å². The first-order chi connectivity index (χ1) is 9.20. The van der Waals surface area contributed by atoms with E-state index in [2.05, 4.69) is 12.2 Å². The monoisotopic (exact) mass is 258 g/mol. The maximum atomic E-state index is 13.6. The van der Waals surface area contributed by atoms with Gasteiger partial charge in [0.1, 0.15) is 5.82 Å². The molecule has 1 N–H and O–H groups in total. The predicted molar refractivity (Wildman–Crippen MR) is 77.2 cm³/mol. The summed E-state index contributed by atoms with van der Waals surface area (Å²) in [6.45, 7) is 4.94. The van der Waals surface area contributed by atoms with Crippen LogP contribution in [0, 0.1) is 12.7 Å². The zero-order valence-electron chi connectivity index (χ0n) is 11.5. The van der Waals surface area contributed by atoms with Gasteiger partial charge in [0.25, 0.3) is 0 Å². The second-order valence-corrected chi connectivity index (χ2v) is 5.27. The molecule has 1 heterocycles. The lowest BCUT2D eigenvalue weighted by molar-refractivity contribution is 0.627. The van der Waals surface area contributed by atoms with Crippen molar-refractivity contribution in [3.63, 3.8) is 0 Å². The molecule has 19 heavy (non-hydrogen) atoms. The summed E-state index contributed by atoms with van der Waals surface area (Å²) in [5, 5.41) is 4.56. The number of nitrogens with one attached hydrogen (secondary N) is 1. The van der Waals surface area contributed by atoms with Gasteiger partial charge in [0.2, 0.25) is 0 Å². The minimum atomic E-state index is -0.198. The minimum absolute atomic E-state index is 0.198.